The SMILES string of the molecule is Cc1ncsc1-c1ccc(CNC(=O)[C@@H]2CCCN2C(=O)[C@@H](NC(=O)COCCOCCOCCOc2ccc(N3C(=S)N(c4cnc(C#N)c(C(F)(F)F)c4)C(=O)C3(C)C)cc2)C(C)(C)C)cc1. The lowest BCUT2D eigenvalue weighted by atomic mass is 9.85. The number of benzene rings is 2. The number of nitrogens with one attached hydrogen (secondary N) is 2. The molecule has 0 radical (unpaired) electrons. The summed E-state index contributed by atoms with van der Waals surface area (Å²) in [7, 11) is 0. The van der Waals surface area contributed by atoms with Gasteiger partial charge in [-0.3, -0.25) is 24.1 Å². The van der Waals surface area contributed by atoms with Gasteiger partial charge in [0.25, 0.3) is 5.91 Å². The molecule has 0 unspecified atom stereocenters. The summed E-state index contributed by atoms with van der Waals surface area (Å²) in [6, 6.07) is 15.2. The third-order valence-corrected chi connectivity index (χ3v) is 12.8. The van der Waals surface area contributed by atoms with E-state index in [9.17, 15) is 32.3 Å². The summed E-state index contributed by atoms with van der Waals surface area (Å²) in [5.41, 5.74) is 1.08. The van der Waals surface area contributed by atoms with Crippen LogP contribution in [-0.2, 0) is 46.1 Å². The highest BCUT2D eigenvalue weighted by Crippen LogP contribution is 2.39. The number of nitrogens with zero attached hydrogens (tertiary/aromatic N) is 6. The van der Waals surface area contributed by atoms with Crippen LogP contribution in [0.25, 0.3) is 10.4 Å². The number of aryl methyl sites for hydroxylation is 1. The van der Waals surface area contributed by atoms with E-state index in [-0.39, 0.29) is 68.9 Å². The van der Waals surface area contributed by atoms with E-state index < -0.39 is 52.3 Å². The highest BCUT2D eigenvalue weighted by atomic mass is 32.1. The van der Waals surface area contributed by atoms with E-state index in [4.69, 9.17) is 36.4 Å². The van der Waals surface area contributed by atoms with E-state index in [0.29, 0.717) is 43.4 Å². The summed E-state index contributed by atoms with van der Waals surface area (Å²) in [5, 5.41) is 14.9. The summed E-state index contributed by atoms with van der Waals surface area (Å²) < 4.78 is 63.4. The van der Waals surface area contributed by atoms with Crippen LogP contribution in [-0.4, -0.2) is 114 Å². The van der Waals surface area contributed by atoms with Crippen LogP contribution in [0.2, 0.25) is 0 Å². The summed E-state index contributed by atoms with van der Waals surface area (Å²) in [4.78, 5) is 66.8. The minimum absolute atomic E-state index is 0.0581. The molecule has 0 spiro atoms. The molecule has 2 N–H and O–H groups in total. The fourth-order valence-electron chi connectivity index (χ4n) is 7.83. The van der Waals surface area contributed by atoms with Crippen molar-refractivity contribution in [3.63, 3.8) is 0 Å². The number of pyridine rings is 1. The van der Waals surface area contributed by atoms with Crippen molar-refractivity contribution in [1.82, 2.24) is 25.5 Å². The second-order valence-electron chi connectivity index (χ2n) is 17.9. The highest BCUT2D eigenvalue weighted by Gasteiger charge is 2.51. The second kappa shape index (κ2) is 22.6. The molecular weight excluding hydrogens is 938 g/mol. The minimum atomic E-state index is -4.87. The van der Waals surface area contributed by atoms with Crippen molar-refractivity contribution in [2.24, 2.45) is 5.41 Å². The number of hydrogen-bond donors (Lipinski definition) is 2. The molecule has 2 aromatic carbocycles. The Kier molecular flexibility index (Phi) is 17.1. The first-order valence-electron chi connectivity index (χ1n) is 22.2. The number of aromatic nitrogens is 2. The second-order valence-corrected chi connectivity index (χ2v) is 19.1. The summed E-state index contributed by atoms with van der Waals surface area (Å²) in [6.45, 7) is 12.5. The van der Waals surface area contributed by atoms with Gasteiger partial charge in [0.1, 0.15) is 42.7 Å². The van der Waals surface area contributed by atoms with Gasteiger partial charge in [-0.25, -0.2) is 9.97 Å². The van der Waals surface area contributed by atoms with Gasteiger partial charge in [0, 0.05) is 18.8 Å². The smallest absolute Gasteiger partial charge is 0.419 e. The first-order valence-corrected chi connectivity index (χ1v) is 23.5. The molecule has 2 atom stereocenters. The van der Waals surface area contributed by atoms with Crippen LogP contribution in [0, 0.1) is 23.7 Å². The quantitative estimate of drug-likeness (QED) is 0.0714. The molecule has 4 aromatic rings. The fourth-order valence-corrected chi connectivity index (χ4v) is 9.17. The zero-order valence-corrected chi connectivity index (χ0v) is 40.8. The topological polar surface area (TPSA) is 189 Å². The minimum Gasteiger partial charge on any atom is -0.491 e. The molecule has 2 aromatic heterocycles. The van der Waals surface area contributed by atoms with Crippen LogP contribution < -0.4 is 25.2 Å². The van der Waals surface area contributed by atoms with E-state index in [1.54, 1.807) is 54.3 Å². The number of likely N-dealkylation sites (tertiary alicyclic amines) is 1. The van der Waals surface area contributed by atoms with E-state index in [0.717, 1.165) is 32.8 Å². The highest BCUT2D eigenvalue weighted by molar-refractivity contribution is 7.81. The molecule has 2 aliphatic rings. The van der Waals surface area contributed by atoms with Crippen molar-refractivity contribution in [3.8, 4) is 22.3 Å². The van der Waals surface area contributed by atoms with Crippen molar-refractivity contribution >= 4 is 63.7 Å². The number of rotatable bonds is 20. The molecule has 69 heavy (non-hydrogen) atoms. The van der Waals surface area contributed by atoms with Gasteiger partial charge in [-0.05, 0) is 92.7 Å². The van der Waals surface area contributed by atoms with Crippen molar-refractivity contribution in [2.75, 3.05) is 62.6 Å². The predicted octanol–water partition coefficient (Wildman–Crippen LogP) is 6.59. The molecule has 368 valence electrons. The number of amides is 4. The molecule has 6 rings (SSSR count). The van der Waals surface area contributed by atoms with Gasteiger partial charge < -0.3 is 39.4 Å². The van der Waals surface area contributed by atoms with Crippen molar-refractivity contribution in [3.05, 3.63) is 88.8 Å². The molecular formula is C48H55F3N8O8S2. The molecule has 4 amide bonds. The third kappa shape index (κ3) is 12.8. The van der Waals surface area contributed by atoms with Crippen LogP contribution in [0.15, 0.2) is 66.3 Å². The first-order chi connectivity index (χ1) is 32.7. The lowest BCUT2D eigenvalue weighted by Gasteiger charge is -2.35. The number of thiocarbonyl (C=S) groups is 1. The predicted molar refractivity (Wildman–Crippen MR) is 255 cm³/mol. The van der Waals surface area contributed by atoms with Gasteiger partial charge in [-0.1, -0.05) is 45.0 Å². The Balaban J connectivity index is 0.857. The van der Waals surface area contributed by atoms with E-state index in [1.165, 1.54) is 11.0 Å². The number of ether oxygens (including phenoxy) is 4. The van der Waals surface area contributed by atoms with E-state index in [1.807, 2.05) is 57.5 Å². The molecule has 2 fully saturated rings. The molecule has 2 aliphatic heterocycles. The van der Waals surface area contributed by atoms with E-state index >= 15 is 0 Å². The largest absolute Gasteiger partial charge is 0.491 e. The zero-order chi connectivity index (χ0) is 50.1. The molecule has 0 saturated carbocycles. The first kappa shape index (κ1) is 52.3. The Morgan fingerprint density at radius 1 is 0.957 bits per heavy atom. The Morgan fingerprint density at radius 2 is 1.61 bits per heavy atom. The van der Waals surface area contributed by atoms with E-state index in [2.05, 4.69) is 20.6 Å². The van der Waals surface area contributed by atoms with Crippen molar-refractivity contribution in [2.45, 2.75) is 84.7 Å². The summed E-state index contributed by atoms with van der Waals surface area (Å²) >= 11 is 7.16. The monoisotopic (exact) mass is 992 g/mol. The number of anilines is 2. The number of hydrogen-bond acceptors (Lipinski definition) is 13. The lowest BCUT2D eigenvalue weighted by molar-refractivity contribution is -0.144. The number of nitriles is 1. The number of alkyl halides is 3. The number of carbonyl (C=O) groups is 4. The van der Waals surface area contributed by atoms with Crippen LogP contribution in [0.5, 0.6) is 5.75 Å². The number of carbonyl (C=O) groups excluding carboxylic acids is 4. The molecule has 21 heteroatoms. The van der Waals surface area contributed by atoms with Gasteiger partial charge in [0.05, 0.1) is 66.6 Å². The van der Waals surface area contributed by atoms with Crippen LogP contribution >= 0.6 is 23.6 Å². The Morgan fingerprint density at radius 3 is 2.22 bits per heavy atom. The molecule has 4 heterocycles. The molecule has 0 bridgehead atoms. The van der Waals surface area contributed by atoms with Crippen molar-refractivity contribution < 1.29 is 51.3 Å². The lowest BCUT2D eigenvalue weighted by Crippen LogP contribution is -2.58. The van der Waals surface area contributed by atoms with Crippen LogP contribution in [0.1, 0.15) is 70.0 Å². The zero-order valence-electron chi connectivity index (χ0n) is 39.2. The van der Waals surface area contributed by atoms with Gasteiger partial charge in [0.2, 0.25) is 17.7 Å². The van der Waals surface area contributed by atoms with Crippen LogP contribution in [0.3, 0.4) is 0 Å². The summed E-state index contributed by atoms with van der Waals surface area (Å²) in [5.74, 6) is -1.10. The molecule has 0 aliphatic carbocycles. The van der Waals surface area contributed by atoms with Gasteiger partial charge in [-0.15, -0.1) is 11.3 Å². The average molecular weight is 993 g/mol. The van der Waals surface area contributed by atoms with Gasteiger partial charge >= 0.3 is 6.18 Å². The maximum Gasteiger partial charge on any atom is 0.419 e. The van der Waals surface area contributed by atoms with Crippen molar-refractivity contribution in [1.29, 1.82) is 5.26 Å². The number of thiazole rings is 1. The van der Waals surface area contributed by atoms with Crippen LogP contribution in [0.4, 0.5) is 24.5 Å². The molecule has 2 saturated heterocycles. The summed E-state index contributed by atoms with van der Waals surface area (Å²) in [6.07, 6.45) is -2.66. The third-order valence-electron chi connectivity index (χ3n) is 11.5. The van der Waals surface area contributed by atoms with Gasteiger partial charge in [0.15, 0.2) is 10.8 Å². The van der Waals surface area contributed by atoms with Gasteiger partial charge in [-0.2, -0.15) is 18.4 Å². The Hall–Kier alpha value is -6.05. The molecule has 16 nitrogen and oxygen atoms in total. The maximum atomic E-state index is 13.9. The normalized spacial score (nSPS) is 16.4. The number of halogens is 3. The standard InChI is InChI=1S/C48H55F3N8O8S2/c1-30-40(69-29-55-30)32-11-9-31(10-12-32)26-54-42(61)38-8-7-17-57(38)43(62)41(46(2,3)4)56-39(60)28-66-21-20-64-18-19-65-22-23-67-35-15-13-33(14-16-35)59-45(68)58(44(63)47(59,5)6)34-24-36(48(49,50)51)37(25-52)53-27-34/h9-16,24,27,29,38,41H,7-8,17-23,26,28H2,1-6H3,(H,54,61)(H,56,60)/t38-,41+/m0/s1. The Labute approximate surface area is 408 Å². The maximum absolute atomic E-state index is 13.9. The fraction of sp³-hybridized carbons (Fsp3) is 0.458. The average Bonchev–Trinajstić information content (AvgIpc) is 4.02. The Bertz CT molecular complexity index is 2530.